The van der Waals surface area contributed by atoms with Crippen LogP contribution in [-0.4, -0.2) is 29.8 Å². The predicted octanol–water partition coefficient (Wildman–Crippen LogP) is 1.31. The van der Waals surface area contributed by atoms with Crippen LogP contribution in [0.2, 0.25) is 0 Å². The van der Waals surface area contributed by atoms with Crippen molar-refractivity contribution >= 4 is 5.97 Å². The fourth-order valence-corrected chi connectivity index (χ4v) is 1.67. The van der Waals surface area contributed by atoms with Crippen LogP contribution in [0.1, 0.15) is 40.5 Å². The van der Waals surface area contributed by atoms with Gasteiger partial charge in [-0.1, -0.05) is 13.8 Å². The summed E-state index contributed by atoms with van der Waals surface area (Å²) in [7, 11) is 0. The van der Waals surface area contributed by atoms with Gasteiger partial charge < -0.3 is 15.6 Å². The summed E-state index contributed by atoms with van der Waals surface area (Å²) in [6.45, 7) is 7.76. The summed E-state index contributed by atoms with van der Waals surface area (Å²) in [4.78, 5) is 11.5. The van der Waals surface area contributed by atoms with E-state index in [0.717, 1.165) is 0 Å². The molecule has 4 unspecified atom stereocenters. The van der Waals surface area contributed by atoms with E-state index in [4.69, 9.17) is 15.6 Å². The molecule has 0 aliphatic heterocycles. The van der Waals surface area contributed by atoms with Crippen molar-refractivity contribution < 1.29 is 14.6 Å². The lowest BCUT2D eigenvalue weighted by atomic mass is 10.0. The topological polar surface area (TPSA) is 72.6 Å². The number of ether oxygens (including phenoxy) is 1. The van der Waals surface area contributed by atoms with Crippen LogP contribution in [0, 0.1) is 11.8 Å². The number of hydrogen-bond acceptors (Lipinski definition) is 4. The van der Waals surface area contributed by atoms with E-state index in [-0.39, 0.29) is 30.0 Å². The van der Waals surface area contributed by atoms with Gasteiger partial charge in [0, 0.05) is 6.04 Å². The van der Waals surface area contributed by atoms with E-state index in [2.05, 4.69) is 0 Å². The molecule has 0 aromatic heterocycles. The quantitative estimate of drug-likeness (QED) is 0.648. The van der Waals surface area contributed by atoms with Crippen LogP contribution in [-0.2, 0) is 9.53 Å². The van der Waals surface area contributed by atoms with Gasteiger partial charge in [0.15, 0.2) is 0 Å². The zero-order valence-corrected chi connectivity index (χ0v) is 10.8. The molecule has 16 heavy (non-hydrogen) atoms. The van der Waals surface area contributed by atoms with E-state index < -0.39 is 0 Å². The maximum Gasteiger partial charge on any atom is 0.308 e. The molecule has 0 amide bonds. The highest BCUT2D eigenvalue weighted by atomic mass is 16.5. The maximum absolute atomic E-state index is 11.5. The van der Waals surface area contributed by atoms with E-state index in [1.165, 1.54) is 0 Å². The lowest BCUT2D eigenvalue weighted by molar-refractivity contribution is -0.149. The normalized spacial score (nSPS) is 18.6. The first kappa shape index (κ1) is 15.4. The monoisotopic (exact) mass is 231 g/mol. The van der Waals surface area contributed by atoms with Gasteiger partial charge in [-0.3, -0.25) is 4.79 Å². The highest BCUT2D eigenvalue weighted by Crippen LogP contribution is 2.10. The van der Waals surface area contributed by atoms with E-state index in [1.54, 1.807) is 6.92 Å². The summed E-state index contributed by atoms with van der Waals surface area (Å²) in [5.74, 6) is -0.167. The smallest absolute Gasteiger partial charge is 0.308 e. The molecule has 0 aliphatic carbocycles. The van der Waals surface area contributed by atoms with E-state index in [1.807, 2.05) is 20.8 Å². The fourth-order valence-electron chi connectivity index (χ4n) is 1.67. The number of carbonyl (C=O) groups excluding carboxylic acids is 1. The van der Waals surface area contributed by atoms with Crippen molar-refractivity contribution in [1.82, 2.24) is 0 Å². The maximum atomic E-state index is 11.5. The van der Waals surface area contributed by atoms with Crippen LogP contribution in [0.3, 0.4) is 0 Å². The number of esters is 1. The molecule has 0 rings (SSSR count). The minimum absolute atomic E-state index is 0.0115. The Morgan fingerprint density at radius 1 is 1.25 bits per heavy atom. The number of nitrogens with two attached hydrogens (primary N) is 1. The van der Waals surface area contributed by atoms with Crippen molar-refractivity contribution in [2.24, 2.45) is 17.6 Å². The van der Waals surface area contributed by atoms with Crippen LogP contribution < -0.4 is 5.73 Å². The Balaban J connectivity index is 3.79. The van der Waals surface area contributed by atoms with Crippen molar-refractivity contribution in [2.45, 2.75) is 52.7 Å². The summed E-state index contributed by atoms with van der Waals surface area (Å²) in [6.07, 6.45) is 0.939. The average Bonchev–Trinajstić information content (AvgIpc) is 2.11. The molecule has 0 bridgehead atoms. The molecule has 0 fully saturated rings. The minimum Gasteiger partial charge on any atom is -0.465 e. The first-order valence-corrected chi connectivity index (χ1v) is 5.93. The molecular formula is C12H25NO3. The third-order valence-electron chi connectivity index (χ3n) is 2.38. The second kappa shape index (κ2) is 7.63. The van der Waals surface area contributed by atoms with Crippen molar-refractivity contribution in [3.05, 3.63) is 0 Å². The second-order valence-electron chi connectivity index (χ2n) is 4.93. The first-order chi connectivity index (χ1) is 7.32. The fraction of sp³-hybridized carbons (Fsp3) is 0.917. The third kappa shape index (κ3) is 7.65. The number of aliphatic hydroxyl groups excluding tert-OH is 1. The molecule has 0 saturated heterocycles. The molecule has 0 aromatic rings. The summed E-state index contributed by atoms with van der Waals surface area (Å²) >= 11 is 0. The van der Waals surface area contributed by atoms with Crippen LogP contribution in [0.15, 0.2) is 0 Å². The number of rotatable bonds is 7. The molecule has 0 spiro atoms. The van der Waals surface area contributed by atoms with Crippen LogP contribution in [0.4, 0.5) is 0 Å². The largest absolute Gasteiger partial charge is 0.465 e. The van der Waals surface area contributed by atoms with Gasteiger partial charge in [-0.15, -0.1) is 0 Å². The lowest BCUT2D eigenvalue weighted by Gasteiger charge is -2.17. The summed E-state index contributed by atoms with van der Waals surface area (Å²) in [6, 6.07) is 0.0115. The van der Waals surface area contributed by atoms with Gasteiger partial charge in [-0.05, 0) is 32.6 Å². The molecule has 0 saturated carbocycles. The zero-order chi connectivity index (χ0) is 12.7. The molecule has 0 radical (unpaired) electrons. The Hall–Kier alpha value is -0.610. The summed E-state index contributed by atoms with van der Waals surface area (Å²) < 4.78 is 5.16. The van der Waals surface area contributed by atoms with Gasteiger partial charge in [0.1, 0.15) is 0 Å². The van der Waals surface area contributed by atoms with Gasteiger partial charge in [0.2, 0.25) is 0 Å². The highest BCUT2D eigenvalue weighted by Gasteiger charge is 2.17. The molecule has 4 heteroatoms. The molecule has 96 valence electrons. The predicted molar refractivity (Wildman–Crippen MR) is 63.9 cm³/mol. The Kier molecular flexibility index (Phi) is 7.34. The van der Waals surface area contributed by atoms with Crippen LogP contribution >= 0.6 is 0 Å². The summed E-state index contributed by atoms with van der Waals surface area (Å²) in [5, 5.41) is 9.16. The summed E-state index contributed by atoms with van der Waals surface area (Å²) in [5.41, 5.74) is 5.61. The molecule has 4 atom stereocenters. The Morgan fingerprint density at radius 3 is 2.25 bits per heavy atom. The Bertz CT molecular complexity index is 204. The van der Waals surface area contributed by atoms with Crippen molar-refractivity contribution in [3.8, 4) is 0 Å². The Morgan fingerprint density at radius 2 is 1.81 bits per heavy atom. The molecule has 0 aromatic carbocycles. The number of hydrogen-bond donors (Lipinski definition) is 2. The van der Waals surface area contributed by atoms with Crippen molar-refractivity contribution in [2.75, 3.05) is 6.61 Å². The molecular weight excluding hydrogens is 206 g/mol. The van der Waals surface area contributed by atoms with E-state index >= 15 is 0 Å². The molecule has 4 nitrogen and oxygen atoms in total. The second-order valence-corrected chi connectivity index (χ2v) is 4.93. The third-order valence-corrected chi connectivity index (χ3v) is 2.38. The van der Waals surface area contributed by atoms with Crippen molar-refractivity contribution in [1.29, 1.82) is 0 Å². The average molecular weight is 231 g/mol. The Labute approximate surface area is 98.2 Å². The lowest BCUT2D eigenvalue weighted by Crippen LogP contribution is -2.25. The van der Waals surface area contributed by atoms with E-state index in [9.17, 15) is 4.79 Å². The molecule has 0 heterocycles. The van der Waals surface area contributed by atoms with Crippen LogP contribution in [0.5, 0.6) is 0 Å². The number of carbonyl (C=O) groups is 1. The van der Waals surface area contributed by atoms with Crippen molar-refractivity contribution in [3.63, 3.8) is 0 Å². The van der Waals surface area contributed by atoms with Gasteiger partial charge in [-0.2, -0.15) is 0 Å². The zero-order valence-electron chi connectivity index (χ0n) is 10.8. The van der Waals surface area contributed by atoms with Gasteiger partial charge in [0.25, 0.3) is 0 Å². The minimum atomic E-state index is -0.352. The van der Waals surface area contributed by atoms with E-state index in [0.29, 0.717) is 19.4 Å². The standard InChI is InChI=1S/C12H25NO3/c1-8(5-11(4)14)7-16-12(15)9(2)6-10(3)13/h8-11,14H,5-7,13H2,1-4H3. The van der Waals surface area contributed by atoms with Crippen LogP contribution in [0.25, 0.3) is 0 Å². The SMILES string of the molecule is CC(N)CC(C)C(=O)OCC(C)CC(C)O. The van der Waals surface area contributed by atoms with Gasteiger partial charge >= 0.3 is 5.97 Å². The molecule has 3 N–H and O–H groups in total. The highest BCUT2D eigenvalue weighted by molar-refractivity contribution is 5.72. The number of aliphatic hydroxyl groups is 1. The van der Waals surface area contributed by atoms with Gasteiger partial charge in [0.05, 0.1) is 18.6 Å². The molecule has 0 aliphatic rings. The van der Waals surface area contributed by atoms with Gasteiger partial charge in [-0.25, -0.2) is 0 Å². The first-order valence-electron chi connectivity index (χ1n) is 5.93.